The highest BCUT2D eigenvalue weighted by atomic mass is 32.2. The quantitative estimate of drug-likeness (QED) is 0.500. The molecule has 0 aliphatic rings. The molecule has 2 heterocycles. The van der Waals surface area contributed by atoms with Gasteiger partial charge in [-0.3, -0.25) is 9.59 Å². The van der Waals surface area contributed by atoms with Gasteiger partial charge in [0.05, 0.1) is 5.75 Å². The maximum atomic E-state index is 11.8. The summed E-state index contributed by atoms with van der Waals surface area (Å²) in [5.74, 6) is 0.277. The lowest BCUT2D eigenvalue weighted by molar-refractivity contribution is 0.102. The maximum Gasteiger partial charge on any atom is 0.251 e. The standard InChI is InChI=1S/C11H11N3O2S/c1-14-5-3-8(6-14)9(15)7-17-11-12-4-2-10(16)13-11/h2-6H,7H2,1H3,(H,12,13,16). The Morgan fingerprint density at radius 2 is 2.35 bits per heavy atom. The van der Waals surface area contributed by atoms with Gasteiger partial charge in [-0.1, -0.05) is 11.8 Å². The molecule has 0 bridgehead atoms. The minimum atomic E-state index is -0.213. The third-order valence-corrected chi connectivity index (χ3v) is 3.03. The van der Waals surface area contributed by atoms with Crippen LogP contribution in [-0.4, -0.2) is 26.1 Å². The molecule has 0 saturated carbocycles. The fraction of sp³-hybridized carbons (Fsp3) is 0.182. The number of carbonyl (C=O) groups excluding carboxylic acids is 1. The highest BCUT2D eigenvalue weighted by molar-refractivity contribution is 7.99. The minimum absolute atomic E-state index is 0.0158. The molecule has 0 atom stereocenters. The fourth-order valence-electron chi connectivity index (χ4n) is 1.31. The summed E-state index contributed by atoms with van der Waals surface area (Å²) in [5, 5.41) is 0.460. The van der Waals surface area contributed by atoms with E-state index >= 15 is 0 Å². The van der Waals surface area contributed by atoms with Crippen LogP contribution >= 0.6 is 11.8 Å². The van der Waals surface area contributed by atoms with Gasteiger partial charge in [-0.05, 0) is 6.07 Å². The predicted octanol–water partition coefficient (Wildman–Crippen LogP) is 1.08. The largest absolute Gasteiger partial charge is 0.357 e. The van der Waals surface area contributed by atoms with Crippen molar-refractivity contribution < 1.29 is 4.79 Å². The van der Waals surface area contributed by atoms with E-state index < -0.39 is 0 Å². The molecular weight excluding hydrogens is 238 g/mol. The molecule has 0 unspecified atom stereocenters. The Balaban J connectivity index is 1.99. The molecule has 0 saturated heterocycles. The van der Waals surface area contributed by atoms with Gasteiger partial charge in [-0.2, -0.15) is 0 Å². The Kier molecular flexibility index (Phi) is 3.43. The normalized spacial score (nSPS) is 10.4. The average molecular weight is 249 g/mol. The van der Waals surface area contributed by atoms with E-state index in [4.69, 9.17) is 0 Å². The summed E-state index contributed by atoms with van der Waals surface area (Å²) in [7, 11) is 1.86. The van der Waals surface area contributed by atoms with Gasteiger partial charge in [-0.15, -0.1) is 0 Å². The second-order valence-electron chi connectivity index (χ2n) is 3.52. The van der Waals surface area contributed by atoms with Gasteiger partial charge in [0.25, 0.3) is 5.56 Å². The highest BCUT2D eigenvalue weighted by Gasteiger charge is 2.08. The molecule has 0 radical (unpaired) electrons. The van der Waals surface area contributed by atoms with E-state index in [0.717, 1.165) is 0 Å². The van der Waals surface area contributed by atoms with Crippen LogP contribution in [0, 0.1) is 0 Å². The molecule has 2 aromatic heterocycles. The number of Topliss-reactive ketones (excluding diaryl/α,β-unsaturated/α-hetero) is 1. The van der Waals surface area contributed by atoms with Crippen LogP contribution in [0.3, 0.4) is 0 Å². The van der Waals surface area contributed by atoms with Gasteiger partial charge in [0.2, 0.25) is 0 Å². The minimum Gasteiger partial charge on any atom is -0.357 e. The Hall–Kier alpha value is -1.82. The van der Waals surface area contributed by atoms with Crippen LogP contribution in [-0.2, 0) is 7.05 Å². The molecule has 5 nitrogen and oxygen atoms in total. The first-order chi connectivity index (χ1) is 8.15. The third kappa shape index (κ3) is 3.07. The van der Waals surface area contributed by atoms with Gasteiger partial charge in [0, 0.05) is 37.3 Å². The lowest BCUT2D eigenvalue weighted by Crippen LogP contribution is -2.07. The highest BCUT2D eigenvalue weighted by Crippen LogP contribution is 2.13. The van der Waals surface area contributed by atoms with Gasteiger partial charge >= 0.3 is 0 Å². The number of aromatic amines is 1. The fourth-order valence-corrected chi connectivity index (χ4v) is 2.05. The number of aromatic nitrogens is 3. The first-order valence-electron chi connectivity index (χ1n) is 4.98. The van der Waals surface area contributed by atoms with Crippen LogP contribution in [0.1, 0.15) is 10.4 Å². The number of nitrogens with one attached hydrogen (secondary N) is 1. The van der Waals surface area contributed by atoms with Crippen molar-refractivity contribution in [1.29, 1.82) is 0 Å². The molecule has 1 N–H and O–H groups in total. The molecule has 2 rings (SSSR count). The van der Waals surface area contributed by atoms with E-state index in [1.165, 1.54) is 24.0 Å². The topological polar surface area (TPSA) is 67.8 Å². The lowest BCUT2D eigenvalue weighted by Gasteiger charge is -1.98. The zero-order chi connectivity index (χ0) is 12.3. The molecule has 0 fully saturated rings. The van der Waals surface area contributed by atoms with E-state index in [1.807, 2.05) is 17.8 Å². The van der Waals surface area contributed by atoms with Crippen LogP contribution in [0.5, 0.6) is 0 Å². The number of aryl methyl sites for hydroxylation is 1. The number of ketones is 1. The summed E-state index contributed by atoms with van der Waals surface area (Å²) in [6.07, 6.45) is 5.01. The number of H-pyrrole nitrogens is 1. The molecule has 88 valence electrons. The van der Waals surface area contributed by atoms with Gasteiger partial charge in [-0.25, -0.2) is 4.98 Å². The van der Waals surface area contributed by atoms with Crippen LogP contribution in [0.15, 0.2) is 40.7 Å². The summed E-state index contributed by atoms with van der Waals surface area (Å²) in [5.41, 5.74) is 0.452. The summed E-state index contributed by atoms with van der Waals surface area (Å²) in [4.78, 5) is 29.3. The predicted molar refractivity (Wildman–Crippen MR) is 65.3 cm³/mol. The smallest absolute Gasteiger partial charge is 0.251 e. The molecule has 6 heteroatoms. The summed E-state index contributed by atoms with van der Waals surface area (Å²) < 4.78 is 1.82. The summed E-state index contributed by atoms with van der Waals surface area (Å²) in [6, 6.07) is 3.10. The first kappa shape index (κ1) is 11.7. The van der Waals surface area contributed by atoms with Crippen LogP contribution in [0.25, 0.3) is 0 Å². The number of hydrogen-bond acceptors (Lipinski definition) is 4. The SMILES string of the molecule is Cn1ccc(C(=O)CSc2nccc(=O)[nH]2)c1. The van der Waals surface area contributed by atoms with Crippen LogP contribution < -0.4 is 5.56 Å². The molecule has 0 aliphatic carbocycles. The van der Waals surface area contributed by atoms with Gasteiger partial charge in [0.15, 0.2) is 10.9 Å². The molecule has 0 amide bonds. The van der Waals surface area contributed by atoms with Crippen molar-refractivity contribution in [3.05, 3.63) is 46.6 Å². The van der Waals surface area contributed by atoms with Crippen LogP contribution in [0.2, 0.25) is 0 Å². The van der Waals surface area contributed by atoms with Gasteiger partial charge < -0.3 is 9.55 Å². The average Bonchev–Trinajstić information content (AvgIpc) is 2.73. The molecule has 0 aliphatic heterocycles. The number of nitrogens with zero attached hydrogens (tertiary/aromatic N) is 2. The second-order valence-corrected chi connectivity index (χ2v) is 4.48. The monoisotopic (exact) mass is 249 g/mol. The van der Waals surface area contributed by atoms with E-state index in [0.29, 0.717) is 10.7 Å². The van der Waals surface area contributed by atoms with Crippen molar-refractivity contribution >= 4 is 17.5 Å². The Bertz CT molecular complexity index is 588. The second kappa shape index (κ2) is 5.01. The zero-order valence-corrected chi connectivity index (χ0v) is 10.0. The molecule has 0 spiro atoms. The van der Waals surface area contributed by atoms with Crippen molar-refractivity contribution in [2.45, 2.75) is 5.16 Å². The van der Waals surface area contributed by atoms with Crippen LogP contribution in [0.4, 0.5) is 0 Å². The zero-order valence-electron chi connectivity index (χ0n) is 9.21. The van der Waals surface area contributed by atoms with E-state index in [-0.39, 0.29) is 17.1 Å². The maximum absolute atomic E-state index is 11.8. The third-order valence-electron chi connectivity index (χ3n) is 2.14. The molecule has 2 aromatic rings. The van der Waals surface area contributed by atoms with Crippen molar-refractivity contribution in [2.24, 2.45) is 7.05 Å². The van der Waals surface area contributed by atoms with Crippen molar-refractivity contribution in [3.63, 3.8) is 0 Å². The lowest BCUT2D eigenvalue weighted by atomic mass is 10.2. The number of rotatable bonds is 4. The Labute approximate surface area is 102 Å². The number of hydrogen-bond donors (Lipinski definition) is 1. The van der Waals surface area contributed by atoms with Crippen molar-refractivity contribution in [2.75, 3.05) is 5.75 Å². The van der Waals surface area contributed by atoms with E-state index in [1.54, 1.807) is 12.3 Å². The van der Waals surface area contributed by atoms with Crippen molar-refractivity contribution in [3.8, 4) is 0 Å². The molecule has 17 heavy (non-hydrogen) atoms. The number of thioether (sulfide) groups is 1. The van der Waals surface area contributed by atoms with Crippen molar-refractivity contribution in [1.82, 2.24) is 14.5 Å². The van der Waals surface area contributed by atoms with E-state index in [9.17, 15) is 9.59 Å². The summed E-state index contributed by atoms with van der Waals surface area (Å²) >= 11 is 1.22. The molecular formula is C11H11N3O2S. The van der Waals surface area contributed by atoms with E-state index in [2.05, 4.69) is 9.97 Å². The molecule has 0 aromatic carbocycles. The first-order valence-corrected chi connectivity index (χ1v) is 5.97. The summed E-state index contributed by atoms with van der Waals surface area (Å²) in [6.45, 7) is 0. The van der Waals surface area contributed by atoms with Gasteiger partial charge in [0.1, 0.15) is 0 Å². The Morgan fingerprint density at radius 1 is 1.53 bits per heavy atom. The number of carbonyl (C=O) groups is 1. The Morgan fingerprint density at radius 3 is 3.00 bits per heavy atom.